The second kappa shape index (κ2) is 4.94. The molecule has 98 valence electrons. The standard InChI is InChI=1S/C13H20N4O/c1-8-6-16-11(9(2)12(8)14)7-17-5-4-15-13(18)10(17)3/h6,10H,4-5,7H2,1-3H3,(H2,14,16)(H,15,18). The van der Waals surface area contributed by atoms with Crippen molar-refractivity contribution in [2.45, 2.75) is 33.4 Å². The summed E-state index contributed by atoms with van der Waals surface area (Å²) in [6, 6.07) is -0.109. The third-order valence-electron chi connectivity index (χ3n) is 3.65. The molecule has 0 aromatic carbocycles. The number of carbonyl (C=O) groups is 1. The normalized spacial score (nSPS) is 20.8. The van der Waals surface area contributed by atoms with Gasteiger partial charge in [0.25, 0.3) is 0 Å². The minimum Gasteiger partial charge on any atom is -0.398 e. The molecular formula is C13H20N4O. The van der Waals surface area contributed by atoms with Crippen molar-refractivity contribution in [2.75, 3.05) is 18.8 Å². The minimum absolute atomic E-state index is 0.0824. The summed E-state index contributed by atoms with van der Waals surface area (Å²) < 4.78 is 0. The summed E-state index contributed by atoms with van der Waals surface area (Å²) in [5.41, 5.74) is 9.79. The Morgan fingerprint density at radius 1 is 1.56 bits per heavy atom. The van der Waals surface area contributed by atoms with Crippen LogP contribution in [0, 0.1) is 13.8 Å². The molecule has 1 aromatic heterocycles. The van der Waals surface area contributed by atoms with Gasteiger partial charge in [-0.2, -0.15) is 0 Å². The van der Waals surface area contributed by atoms with Crippen LogP contribution in [0.2, 0.25) is 0 Å². The first-order valence-corrected chi connectivity index (χ1v) is 6.23. The van der Waals surface area contributed by atoms with Crippen molar-refractivity contribution in [3.8, 4) is 0 Å². The molecule has 1 atom stereocenters. The number of nitrogens with one attached hydrogen (secondary N) is 1. The van der Waals surface area contributed by atoms with E-state index in [-0.39, 0.29) is 11.9 Å². The molecule has 3 N–H and O–H groups in total. The van der Waals surface area contributed by atoms with E-state index < -0.39 is 0 Å². The van der Waals surface area contributed by atoms with Crippen LogP contribution in [0.1, 0.15) is 23.7 Å². The molecule has 1 amide bonds. The lowest BCUT2D eigenvalue weighted by molar-refractivity contribution is -0.128. The Labute approximate surface area is 107 Å². The number of rotatable bonds is 2. The van der Waals surface area contributed by atoms with E-state index in [1.165, 1.54) is 0 Å². The molecule has 0 radical (unpaired) electrons. The SMILES string of the molecule is Cc1cnc(CN2CCNC(=O)C2C)c(C)c1N. The van der Waals surface area contributed by atoms with Crippen molar-refractivity contribution in [1.82, 2.24) is 15.2 Å². The number of piperazine rings is 1. The molecule has 1 aromatic rings. The molecule has 1 saturated heterocycles. The van der Waals surface area contributed by atoms with Crippen LogP contribution in [-0.2, 0) is 11.3 Å². The third kappa shape index (κ3) is 2.31. The summed E-state index contributed by atoms with van der Waals surface area (Å²) in [6.45, 7) is 8.08. The Kier molecular flexibility index (Phi) is 3.52. The molecular weight excluding hydrogens is 228 g/mol. The molecule has 0 bridgehead atoms. The van der Waals surface area contributed by atoms with Crippen LogP contribution < -0.4 is 11.1 Å². The molecule has 0 saturated carbocycles. The minimum atomic E-state index is -0.109. The Hall–Kier alpha value is -1.62. The Bertz CT molecular complexity index is 472. The fraction of sp³-hybridized carbons (Fsp3) is 0.538. The van der Waals surface area contributed by atoms with Gasteiger partial charge in [-0.1, -0.05) is 0 Å². The van der Waals surface area contributed by atoms with Crippen LogP contribution in [0.15, 0.2) is 6.20 Å². The van der Waals surface area contributed by atoms with Gasteiger partial charge in [-0.25, -0.2) is 0 Å². The quantitative estimate of drug-likeness (QED) is 0.804. The monoisotopic (exact) mass is 248 g/mol. The number of pyridine rings is 1. The number of anilines is 1. The maximum absolute atomic E-state index is 11.6. The molecule has 2 heterocycles. The second-order valence-corrected chi connectivity index (χ2v) is 4.86. The average Bonchev–Trinajstić information content (AvgIpc) is 2.35. The number of carbonyl (C=O) groups excluding carboxylic acids is 1. The van der Waals surface area contributed by atoms with Gasteiger partial charge in [0.05, 0.1) is 11.7 Å². The Morgan fingerprint density at radius 3 is 3.00 bits per heavy atom. The van der Waals surface area contributed by atoms with Gasteiger partial charge in [-0.3, -0.25) is 14.7 Å². The van der Waals surface area contributed by atoms with Crippen LogP contribution >= 0.6 is 0 Å². The van der Waals surface area contributed by atoms with Gasteiger partial charge < -0.3 is 11.1 Å². The smallest absolute Gasteiger partial charge is 0.237 e. The summed E-state index contributed by atoms with van der Waals surface area (Å²) >= 11 is 0. The predicted octanol–water partition coefficient (Wildman–Crippen LogP) is 0.601. The van der Waals surface area contributed by atoms with Gasteiger partial charge in [-0.05, 0) is 31.9 Å². The Balaban J connectivity index is 2.19. The number of aryl methyl sites for hydroxylation is 1. The van der Waals surface area contributed by atoms with Gasteiger partial charge >= 0.3 is 0 Å². The van der Waals surface area contributed by atoms with Crippen LogP contribution in [0.25, 0.3) is 0 Å². The molecule has 18 heavy (non-hydrogen) atoms. The van der Waals surface area contributed by atoms with E-state index in [0.29, 0.717) is 13.1 Å². The van der Waals surface area contributed by atoms with Crippen molar-refractivity contribution in [2.24, 2.45) is 0 Å². The van der Waals surface area contributed by atoms with Crippen molar-refractivity contribution < 1.29 is 4.79 Å². The zero-order valence-corrected chi connectivity index (χ0v) is 11.2. The van der Waals surface area contributed by atoms with Gasteiger partial charge in [0.1, 0.15) is 0 Å². The second-order valence-electron chi connectivity index (χ2n) is 4.86. The highest BCUT2D eigenvalue weighted by molar-refractivity contribution is 5.82. The number of aromatic nitrogens is 1. The van der Waals surface area contributed by atoms with Crippen LogP contribution in [0.4, 0.5) is 5.69 Å². The lowest BCUT2D eigenvalue weighted by Gasteiger charge is -2.32. The Morgan fingerprint density at radius 2 is 2.28 bits per heavy atom. The molecule has 5 nitrogen and oxygen atoms in total. The number of nitrogen functional groups attached to an aromatic ring is 1. The molecule has 0 spiro atoms. The van der Waals surface area contributed by atoms with Crippen molar-refractivity contribution in [1.29, 1.82) is 0 Å². The van der Waals surface area contributed by atoms with Crippen molar-refractivity contribution >= 4 is 11.6 Å². The van der Waals surface area contributed by atoms with E-state index in [1.807, 2.05) is 20.8 Å². The largest absolute Gasteiger partial charge is 0.398 e. The molecule has 1 fully saturated rings. The molecule has 5 heteroatoms. The van der Waals surface area contributed by atoms with Gasteiger partial charge in [-0.15, -0.1) is 0 Å². The topological polar surface area (TPSA) is 71.2 Å². The summed E-state index contributed by atoms with van der Waals surface area (Å²) in [4.78, 5) is 18.2. The molecule has 2 rings (SSSR count). The van der Waals surface area contributed by atoms with Crippen LogP contribution in [-0.4, -0.2) is 34.9 Å². The zero-order chi connectivity index (χ0) is 13.3. The highest BCUT2D eigenvalue weighted by atomic mass is 16.2. The fourth-order valence-corrected chi connectivity index (χ4v) is 2.19. The summed E-state index contributed by atoms with van der Waals surface area (Å²) in [5, 5.41) is 2.86. The summed E-state index contributed by atoms with van der Waals surface area (Å²) in [7, 11) is 0. The first kappa shape index (κ1) is 12.8. The molecule has 0 aliphatic carbocycles. The first-order valence-electron chi connectivity index (χ1n) is 6.23. The number of hydrogen-bond donors (Lipinski definition) is 2. The van der Waals surface area contributed by atoms with Crippen LogP contribution in [0.5, 0.6) is 0 Å². The maximum Gasteiger partial charge on any atom is 0.237 e. The van der Waals surface area contributed by atoms with Gasteiger partial charge in [0.15, 0.2) is 0 Å². The van der Waals surface area contributed by atoms with Crippen molar-refractivity contribution in [3.63, 3.8) is 0 Å². The van der Waals surface area contributed by atoms with Crippen LogP contribution in [0.3, 0.4) is 0 Å². The first-order chi connectivity index (χ1) is 8.50. The number of nitrogens with zero attached hydrogens (tertiary/aromatic N) is 2. The summed E-state index contributed by atoms with van der Waals surface area (Å²) in [6.07, 6.45) is 1.80. The highest BCUT2D eigenvalue weighted by Crippen LogP contribution is 2.20. The van der Waals surface area contributed by atoms with E-state index in [9.17, 15) is 4.79 Å². The predicted molar refractivity (Wildman–Crippen MR) is 71.0 cm³/mol. The number of nitrogens with two attached hydrogens (primary N) is 1. The molecule has 1 aliphatic heterocycles. The van der Waals surface area contributed by atoms with E-state index in [2.05, 4.69) is 15.2 Å². The fourth-order valence-electron chi connectivity index (χ4n) is 2.19. The third-order valence-corrected chi connectivity index (χ3v) is 3.65. The van der Waals surface area contributed by atoms with E-state index in [0.717, 1.165) is 29.1 Å². The van der Waals surface area contributed by atoms with Gasteiger partial charge in [0, 0.05) is 31.5 Å². The molecule has 1 aliphatic rings. The van der Waals surface area contributed by atoms with Gasteiger partial charge in [0.2, 0.25) is 5.91 Å². The van der Waals surface area contributed by atoms with Crippen molar-refractivity contribution in [3.05, 3.63) is 23.0 Å². The van der Waals surface area contributed by atoms with E-state index in [1.54, 1.807) is 6.20 Å². The summed E-state index contributed by atoms with van der Waals surface area (Å²) in [5.74, 6) is 0.0824. The zero-order valence-electron chi connectivity index (χ0n) is 11.2. The lowest BCUT2D eigenvalue weighted by Crippen LogP contribution is -2.53. The number of hydrogen-bond acceptors (Lipinski definition) is 4. The van der Waals surface area contributed by atoms with E-state index in [4.69, 9.17) is 5.73 Å². The number of amides is 1. The maximum atomic E-state index is 11.6. The van der Waals surface area contributed by atoms with E-state index >= 15 is 0 Å². The average molecular weight is 248 g/mol. The highest BCUT2D eigenvalue weighted by Gasteiger charge is 2.26. The lowest BCUT2D eigenvalue weighted by atomic mass is 10.1. The molecule has 1 unspecified atom stereocenters.